The van der Waals surface area contributed by atoms with Gasteiger partial charge in [-0.1, -0.05) is 0 Å². The zero-order valence-corrected chi connectivity index (χ0v) is 12.8. The van der Waals surface area contributed by atoms with Gasteiger partial charge in [-0.3, -0.25) is 4.68 Å². The van der Waals surface area contributed by atoms with Gasteiger partial charge in [-0.25, -0.2) is 13.4 Å². The second-order valence-corrected chi connectivity index (χ2v) is 7.15. The van der Waals surface area contributed by atoms with Gasteiger partial charge in [-0.15, -0.1) is 0 Å². The maximum atomic E-state index is 12.7. The van der Waals surface area contributed by atoms with Gasteiger partial charge in [0.25, 0.3) is 0 Å². The summed E-state index contributed by atoms with van der Waals surface area (Å²) in [5.74, 6) is 0.990. The number of H-pyrrole nitrogens is 1. The number of aromatic amines is 1. The summed E-state index contributed by atoms with van der Waals surface area (Å²) >= 11 is 0. The van der Waals surface area contributed by atoms with Crippen molar-refractivity contribution >= 4 is 10.0 Å². The van der Waals surface area contributed by atoms with Crippen LogP contribution >= 0.6 is 0 Å². The third kappa shape index (κ3) is 2.73. The highest BCUT2D eigenvalue weighted by atomic mass is 32.2. The molecule has 2 aromatic heterocycles. The smallest absolute Gasteiger partial charge is 0.246 e. The molecule has 1 aliphatic heterocycles. The molecule has 114 valence electrons. The zero-order chi connectivity index (χ0) is 14.9. The minimum Gasteiger partial charge on any atom is -0.348 e. The first-order valence-corrected chi connectivity index (χ1v) is 8.57. The molecular weight excluding hydrogens is 290 g/mol. The second-order valence-electron chi connectivity index (χ2n) is 5.21. The van der Waals surface area contributed by atoms with Gasteiger partial charge in [0.05, 0.1) is 6.20 Å². The number of aryl methyl sites for hydroxylation is 1. The minimum atomic E-state index is -3.47. The predicted molar refractivity (Wildman–Crippen MR) is 77.2 cm³/mol. The first kappa shape index (κ1) is 14.3. The number of hydrogen-bond donors (Lipinski definition) is 1. The van der Waals surface area contributed by atoms with Crippen LogP contribution in [0.15, 0.2) is 29.7 Å². The van der Waals surface area contributed by atoms with Crippen LogP contribution in [0.5, 0.6) is 0 Å². The van der Waals surface area contributed by atoms with E-state index in [2.05, 4.69) is 15.1 Å². The summed E-state index contributed by atoms with van der Waals surface area (Å²) in [5, 5.41) is 4.06. The molecule has 1 saturated heterocycles. The molecule has 1 aliphatic rings. The normalized spacial score (nSPS) is 20.7. The van der Waals surface area contributed by atoms with Crippen molar-refractivity contribution in [2.24, 2.45) is 0 Å². The number of hydrogen-bond acceptors (Lipinski definition) is 4. The topological polar surface area (TPSA) is 83.9 Å². The first-order valence-electron chi connectivity index (χ1n) is 7.13. The Morgan fingerprint density at radius 2 is 2.33 bits per heavy atom. The Morgan fingerprint density at radius 1 is 1.48 bits per heavy atom. The molecule has 0 aliphatic carbocycles. The molecule has 0 spiro atoms. The fourth-order valence-corrected chi connectivity index (χ4v) is 4.16. The molecule has 0 saturated carbocycles. The maximum Gasteiger partial charge on any atom is 0.246 e. The van der Waals surface area contributed by atoms with E-state index in [1.807, 2.05) is 6.92 Å². The molecule has 0 aromatic carbocycles. The van der Waals surface area contributed by atoms with Crippen LogP contribution in [-0.2, 0) is 16.6 Å². The average molecular weight is 309 g/mol. The minimum absolute atomic E-state index is 0.129. The van der Waals surface area contributed by atoms with E-state index in [-0.39, 0.29) is 10.8 Å². The van der Waals surface area contributed by atoms with Gasteiger partial charge in [0.15, 0.2) is 0 Å². The van der Waals surface area contributed by atoms with Gasteiger partial charge in [0.1, 0.15) is 10.7 Å². The van der Waals surface area contributed by atoms with E-state index in [0.717, 1.165) is 18.7 Å². The molecule has 1 atom stereocenters. The van der Waals surface area contributed by atoms with E-state index < -0.39 is 10.0 Å². The van der Waals surface area contributed by atoms with E-state index in [1.165, 1.54) is 6.20 Å². The highest BCUT2D eigenvalue weighted by molar-refractivity contribution is 7.89. The molecule has 2 aromatic rings. The van der Waals surface area contributed by atoms with Crippen LogP contribution in [0.4, 0.5) is 0 Å². The molecule has 21 heavy (non-hydrogen) atoms. The predicted octanol–water partition coefficient (Wildman–Crippen LogP) is 1.19. The van der Waals surface area contributed by atoms with Crippen molar-refractivity contribution in [3.63, 3.8) is 0 Å². The lowest BCUT2D eigenvalue weighted by atomic mass is 9.99. The highest BCUT2D eigenvalue weighted by Crippen LogP contribution is 2.28. The van der Waals surface area contributed by atoms with Crippen LogP contribution in [0.3, 0.4) is 0 Å². The van der Waals surface area contributed by atoms with Crippen molar-refractivity contribution in [3.05, 3.63) is 30.6 Å². The standard InChI is InChI=1S/C13H19N5O2S/c1-2-17-10-12(8-16-17)21(19,20)18-7-3-4-11(9-18)13-14-5-6-15-13/h5-6,8,10-11H,2-4,7,9H2,1H3,(H,14,15)/t11-/m1/s1. The number of piperidine rings is 1. The molecule has 8 heteroatoms. The fourth-order valence-electron chi connectivity index (χ4n) is 2.68. The molecular formula is C13H19N5O2S. The van der Waals surface area contributed by atoms with Crippen molar-refractivity contribution in [3.8, 4) is 0 Å². The van der Waals surface area contributed by atoms with Gasteiger partial charge >= 0.3 is 0 Å². The summed E-state index contributed by atoms with van der Waals surface area (Å²) in [5.41, 5.74) is 0. The molecule has 7 nitrogen and oxygen atoms in total. The quantitative estimate of drug-likeness (QED) is 0.919. The third-order valence-electron chi connectivity index (χ3n) is 3.86. The van der Waals surface area contributed by atoms with Crippen LogP contribution in [0.1, 0.15) is 31.5 Å². The Kier molecular flexibility index (Phi) is 3.81. The van der Waals surface area contributed by atoms with Crippen molar-refractivity contribution in [1.29, 1.82) is 0 Å². The van der Waals surface area contributed by atoms with Crippen LogP contribution in [0, 0.1) is 0 Å². The Bertz CT molecular complexity index is 692. The van der Waals surface area contributed by atoms with E-state index in [9.17, 15) is 8.42 Å². The Morgan fingerprint density at radius 3 is 3.00 bits per heavy atom. The molecule has 1 fully saturated rings. The largest absolute Gasteiger partial charge is 0.348 e. The van der Waals surface area contributed by atoms with Crippen LogP contribution in [0.2, 0.25) is 0 Å². The van der Waals surface area contributed by atoms with E-state index in [4.69, 9.17) is 0 Å². The average Bonchev–Trinajstić information content (AvgIpc) is 3.19. The first-order chi connectivity index (χ1) is 10.1. The van der Waals surface area contributed by atoms with Crippen molar-refractivity contribution < 1.29 is 8.42 Å². The van der Waals surface area contributed by atoms with Gasteiger partial charge < -0.3 is 4.98 Å². The molecule has 0 bridgehead atoms. The molecule has 0 radical (unpaired) electrons. The van der Waals surface area contributed by atoms with Gasteiger partial charge in [0, 0.05) is 44.1 Å². The lowest BCUT2D eigenvalue weighted by Gasteiger charge is -2.30. The number of nitrogens with one attached hydrogen (secondary N) is 1. The summed E-state index contributed by atoms with van der Waals surface area (Å²) < 4.78 is 28.5. The molecule has 3 heterocycles. The lowest BCUT2D eigenvalue weighted by Crippen LogP contribution is -2.39. The van der Waals surface area contributed by atoms with Gasteiger partial charge in [-0.05, 0) is 19.8 Å². The SMILES string of the molecule is CCn1cc(S(=O)(=O)N2CCC[C@@H](c3ncc[nH]3)C2)cn1. The zero-order valence-electron chi connectivity index (χ0n) is 11.9. The fraction of sp³-hybridized carbons (Fsp3) is 0.538. The van der Waals surface area contributed by atoms with E-state index >= 15 is 0 Å². The number of nitrogens with zero attached hydrogens (tertiary/aromatic N) is 4. The third-order valence-corrected chi connectivity index (χ3v) is 5.68. The van der Waals surface area contributed by atoms with Crippen molar-refractivity contribution in [2.75, 3.05) is 13.1 Å². The maximum absolute atomic E-state index is 12.7. The molecule has 0 unspecified atom stereocenters. The van der Waals surface area contributed by atoms with Gasteiger partial charge in [0.2, 0.25) is 10.0 Å². The number of rotatable bonds is 4. The monoisotopic (exact) mass is 309 g/mol. The summed E-state index contributed by atoms with van der Waals surface area (Å²) in [4.78, 5) is 7.60. The Balaban J connectivity index is 1.82. The molecule has 0 amide bonds. The Labute approximate surface area is 124 Å². The summed E-state index contributed by atoms with van der Waals surface area (Å²) in [6.07, 6.45) is 8.28. The molecule has 1 N–H and O–H groups in total. The lowest BCUT2D eigenvalue weighted by molar-refractivity contribution is 0.310. The van der Waals surface area contributed by atoms with Crippen molar-refractivity contribution in [1.82, 2.24) is 24.1 Å². The number of sulfonamides is 1. The van der Waals surface area contributed by atoms with Crippen LogP contribution in [-0.4, -0.2) is 45.6 Å². The second kappa shape index (κ2) is 5.61. The highest BCUT2D eigenvalue weighted by Gasteiger charge is 2.32. The van der Waals surface area contributed by atoms with Gasteiger partial charge in [-0.2, -0.15) is 9.40 Å². The van der Waals surface area contributed by atoms with E-state index in [1.54, 1.807) is 27.6 Å². The van der Waals surface area contributed by atoms with Crippen LogP contribution < -0.4 is 0 Å². The summed E-state index contributed by atoms with van der Waals surface area (Å²) in [7, 11) is -3.47. The summed E-state index contributed by atoms with van der Waals surface area (Å²) in [6, 6.07) is 0. The van der Waals surface area contributed by atoms with Crippen molar-refractivity contribution in [2.45, 2.75) is 37.1 Å². The number of imidazole rings is 1. The van der Waals surface area contributed by atoms with Crippen LogP contribution in [0.25, 0.3) is 0 Å². The number of aromatic nitrogens is 4. The van der Waals surface area contributed by atoms with E-state index in [0.29, 0.717) is 19.6 Å². The molecule has 3 rings (SSSR count). The summed E-state index contributed by atoms with van der Waals surface area (Å²) in [6.45, 7) is 3.60. The Hall–Kier alpha value is -1.67.